The van der Waals surface area contributed by atoms with Gasteiger partial charge in [-0.25, -0.2) is 0 Å². The van der Waals surface area contributed by atoms with Crippen molar-refractivity contribution in [1.82, 2.24) is 10.3 Å². The lowest BCUT2D eigenvalue weighted by atomic mass is 9.77. The summed E-state index contributed by atoms with van der Waals surface area (Å²) in [5, 5.41) is 4.70. The van der Waals surface area contributed by atoms with Crippen LogP contribution in [0.5, 0.6) is 0 Å². The zero-order chi connectivity index (χ0) is 15.6. The standard InChI is InChI=1S/C19H28N2/c1-13(19(3,4)5)11-18(20-6)16-9-10-17-15(12-16)8-7-14(2)21-17/h7-10,12-13,18,20H,11H2,1-6H3. The van der Waals surface area contributed by atoms with Gasteiger partial charge in [0, 0.05) is 17.1 Å². The number of aryl methyl sites for hydroxylation is 1. The van der Waals surface area contributed by atoms with Crippen LogP contribution in [0.4, 0.5) is 0 Å². The Labute approximate surface area is 129 Å². The number of aromatic nitrogens is 1. The summed E-state index contributed by atoms with van der Waals surface area (Å²) in [7, 11) is 2.05. The van der Waals surface area contributed by atoms with Gasteiger partial charge in [-0.2, -0.15) is 0 Å². The Kier molecular flexibility index (Phi) is 4.67. The molecule has 114 valence electrons. The number of pyridine rings is 1. The molecule has 0 aliphatic rings. The molecule has 0 fully saturated rings. The highest BCUT2D eigenvalue weighted by Gasteiger charge is 2.23. The minimum Gasteiger partial charge on any atom is -0.313 e. The van der Waals surface area contributed by atoms with Crippen molar-refractivity contribution in [2.75, 3.05) is 7.05 Å². The molecule has 0 amide bonds. The molecule has 1 aromatic carbocycles. The highest BCUT2D eigenvalue weighted by Crippen LogP contribution is 2.33. The normalized spacial score (nSPS) is 15.1. The van der Waals surface area contributed by atoms with Gasteiger partial charge in [-0.1, -0.05) is 39.8 Å². The van der Waals surface area contributed by atoms with Crippen molar-refractivity contribution in [3.8, 4) is 0 Å². The fourth-order valence-electron chi connectivity index (χ4n) is 2.59. The van der Waals surface area contributed by atoms with Gasteiger partial charge in [0.1, 0.15) is 0 Å². The molecule has 2 atom stereocenters. The largest absolute Gasteiger partial charge is 0.313 e. The topological polar surface area (TPSA) is 24.9 Å². The molecule has 0 spiro atoms. The first-order valence-corrected chi connectivity index (χ1v) is 7.86. The number of nitrogens with zero attached hydrogens (tertiary/aromatic N) is 1. The summed E-state index contributed by atoms with van der Waals surface area (Å²) in [5.74, 6) is 0.654. The Balaban J connectivity index is 2.28. The van der Waals surface area contributed by atoms with E-state index in [2.05, 4.69) is 75.4 Å². The maximum atomic E-state index is 4.58. The molecule has 0 aliphatic carbocycles. The van der Waals surface area contributed by atoms with Gasteiger partial charge >= 0.3 is 0 Å². The van der Waals surface area contributed by atoms with E-state index in [0.717, 1.165) is 17.6 Å². The van der Waals surface area contributed by atoms with Crippen LogP contribution >= 0.6 is 0 Å². The number of hydrogen-bond acceptors (Lipinski definition) is 2. The summed E-state index contributed by atoms with van der Waals surface area (Å²) >= 11 is 0. The van der Waals surface area contributed by atoms with Crippen LogP contribution in [0.15, 0.2) is 30.3 Å². The highest BCUT2D eigenvalue weighted by molar-refractivity contribution is 5.79. The molecule has 2 heteroatoms. The molecule has 2 rings (SSSR count). The van der Waals surface area contributed by atoms with Gasteiger partial charge in [0.2, 0.25) is 0 Å². The molecule has 2 aromatic rings. The second-order valence-electron chi connectivity index (χ2n) is 7.25. The summed E-state index contributed by atoms with van der Waals surface area (Å²) in [6, 6.07) is 11.3. The maximum absolute atomic E-state index is 4.58. The van der Waals surface area contributed by atoms with Crippen LogP contribution in [-0.2, 0) is 0 Å². The van der Waals surface area contributed by atoms with Crippen molar-refractivity contribution in [1.29, 1.82) is 0 Å². The van der Waals surface area contributed by atoms with Gasteiger partial charge in [0.05, 0.1) is 5.52 Å². The van der Waals surface area contributed by atoms with Gasteiger partial charge in [0.15, 0.2) is 0 Å². The summed E-state index contributed by atoms with van der Waals surface area (Å²) in [6.07, 6.45) is 1.14. The minimum absolute atomic E-state index is 0.338. The van der Waals surface area contributed by atoms with Crippen molar-refractivity contribution >= 4 is 10.9 Å². The Morgan fingerprint density at radius 1 is 1.14 bits per heavy atom. The average molecular weight is 284 g/mol. The SMILES string of the molecule is CNC(CC(C)C(C)(C)C)c1ccc2nc(C)ccc2c1. The Morgan fingerprint density at radius 3 is 2.48 bits per heavy atom. The molecule has 1 N–H and O–H groups in total. The number of nitrogens with one attached hydrogen (secondary N) is 1. The molecule has 1 aromatic heterocycles. The lowest BCUT2D eigenvalue weighted by molar-refractivity contribution is 0.226. The fraction of sp³-hybridized carbons (Fsp3) is 0.526. The maximum Gasteiger partial charge on any atom is 0.0705 e. The second-order valence-corrected chi connectivity index (χ2v) is 7.25. The van der Waals surface area contributed by atoms with E-state index in [1.807, 2.05) is 6.92 Å². The van der Waals surface area contributed by atoms with Crippen molar-refractivity contribution < 1.29 is 0 Å². The minimum atomic E-state index is 0.338. The van der Waals surface area contributed by atoms with Crippen molar-refractivity contribution in [2.24, 2.45) is 11.3 Å². The summed E-state index contributed by atoms with van der Waals surface area (Å²) in [6.45, 7) is 11.3. The lowest BCUT2D eigenvalue weighted by Gasteiger charge is -2.31. The van der Waals surface area contributed by atoms with Crippen LogP contribution in [0, 0.1) is 18.3 Å². The molecule has 2 unspecified atom stereocenters. The second kappa shape index (κ2) is 6.15. The fourth-order valence-corrected chi connectivity index (χ4v) is 2.59. The lowest BCUT2D eigenvalue weighted by Crippen LogP contribution is -2.25. The molecule has 0 aliphatic heterocycles. The van der Waals surface area contributed by atoms with Crippen molar-refractivity contribution in [3.63, 3.8) is 0 Å². The van der Waals surface area contributed by atoms with Gasteiger partial charge in [0.25, 0.3) is 0 Å². The molecule has 0 bridgehead atoms. The molecule has 0 radical (unpaired) electrons. The van der Waals surface area contributed by atoms with Crippen molar-refractivity contribution in [3.05, 3.63) is 41.6 Å². The quantitative estimate of drug-likeness (QED) is 0.866. The van der Waals surface area contributed by atoms with Crippen LogP contribution in [0.3, 0.4) is 0 Å². The molecule has 0 saturated heterocycles. The molecule has 2 nitrogen and oxygen atoms in total. The van der Waals surface area contributed by atoms with Crippen LogP contribution in [-0.4, -0.2) is 12.0 Å². The predicted octanol–water partition coefficient (Wildman–Crippen LogP) is 4.88. The van der Waals surface area contributed by atoms with E-state index < -0.39 is 0 Å². The summed E-state index contributed by atoms with van der Waals surface area (Å²) < 4.78 is 0. The monoisotopic (exact) mass is 284 g/mol. The summed E-state index contributed by atoms with van der Waals surface area (Å²) in [5.41, 5.74) is 3.84. The third-order valence-corrected chi connectivity index (χ3v) is 4.67. The zero-order valence-electron chi connectivity index (χ0n) is 14.2. The van der Waals surface area contributed by atoms with E-state index in [-0.39, 0.29) is 0 Å². The molecule has 0 saturated carbocycles. The van der Waals surface area contributed by atoms with E-state index in [1.165, 1.54) is 10.9 Å². The predicted molar refractivity (Wildman–Crippen MR) is 91.5 cm³/mol. The number of benzene rings is 1. The number of fused-ring (bicyclic) bond motifs is 1. The van der Waals surface area contributed by atoms with E-state index in [1.54, 1.807) is 0 Å². The van der Waals surface area contributed by atoms with Gasteiger partial charge < -0.3 is 5.32 Å². The van der Waals surface area contributed by atoms with E-state index >= 15 is 0 Å². The van der Waals surface area contributed by atoms with Crippen molar-refractivity contribution in [2.45, 2.75) is 47.1 Å². The third kappa shape index (κ3) is 3.82. The first kappa shape index (κ1) is 16.0. The average Bonchev–Trinajstić information content (AvgIpc) is 2.42. The first-order chi connectivity index (χ1) is 9.81. The zero-order valence-corrected chi connectivity index (χ0v) is 14.2. The van der Waals surface area contributed by atoms with Crippen LogP contribution < -0.4 is 5.32 Å². The molecular formula is C19H28N2. The molecule has 1 heterocycles. The van der Waals surface area contributed by atoms with Crippen LogP contribution in [0.1, 0.15) is 51.4 Å². The van der Waals surface area contributed by atoms with Crippen LogP contribution in [0.2, 0.25) is 0 Å². The summed E-state index contributed by atoms with van der Waals surface area (Å²) in [4.78, 5) is 4.58. The Hall–Kier alpha value is -1.41. The smallest absolute Gasteiger partial charge is 0.0705 e. The Morgan fingerprint density at radius 2 is 1.86 bits per heavy atom. The molecule has 21 heavy (non-hydrogen) atoms. The van der Waals surface area contributed by atoms with E-state index in [0.29, 0.717) is 17.4 Å². The number of hydrogen-bond donors (Lipinski definition) is 1. The highest BCUT2D eigenvalue weighted by atomic mass is 14.9. The Bertz CT molecular complexity index is 610. The molecular weight excluding hydrogens is 256 g/mol. The van der Waals surface area contributed by atoms with E-state index in [9.17, 15) is 0 Å². The third-order valence-electron chi connectivity index (χ3n) is 4.67. The van der Waals surface area contributed by atoms with Gasteiger partial charge in [-0.15, -0.1) is 0 Å². The van der Waals surface area contributed by atoms with E-state index in [4.69, 9.17) is 0 Å². The van der Waals surface area contributed by atoms with Crippen LogP contribution in [0.25, 0.3) is 10.9 Å². The first-order valence-electron chi connectivity index (χ1n) is 7.86. The van der Waals surface area contributed by atoms with Gasteiger partial charge in [-0.3, -0.25) is 4.98 Å². The van der Waals surface area contributed by atoms with Gasteiger partial charge in [-0.05, 0) is 55.5 Å². The number of rotatable bonds is 4.